The van der Waals surface area contributed by atoms with Gasteiger partial charge in [0.25, 0.3) is 5.89 Å². The lowest BCUT2D eigenvalue weighted by molar-refractivity contribution is 0.432. The van der Waals surface area contributed by atoms with Gasteiger partial charge in [0, 0.05) is 44.1 Å². The summed E-state index contributed by atoms with van der Waals surface area (Å²) in [7, 11) is 0. The summed E-state index contributed by atoms with van der Waals surface area (Å²) in [5.41, 5.74) is 1.74. The summed E-state index contributed by atoms with van der Waals surface area (Å²) in [6.45, 7) is 3.65. The molecule has 29 heavy (non-hydrogen) atoms. The van der Waals surface area contributed by atoms with Crippen molar-refractivity contribution in [3.8, 4) is 22.8 Å². The minimum atomic E-state index is 0.475. The highest BCUT2D eigenvalue weighted by molar-refractivity contribution is 5.60. The van der Waals surface area contributed by atoms with Gasteiger partial charge in [-0.3, -0.25) is 0 Å². The summed E-state index contributed by atoms with van der Waals surface area (Å²) in [4.78, 5) is 18.1. The molecule has 5 rings (SSSR count). The summed E-state index contributed by atoms with van der Waals surface area (Å²) < 4.78 is 5.43. The third-order valence-corrected chi connectivity index (χ3v) is 5.03. The molecule has 0 N–H and O–H groups in total. The van der Waals surface area contributed by atoms with Crippen LogP contribution in [-0.2, 0) is 0 Å². The summed E-state index contributed by atoms with van der Waals surface area (Å²) >= 11 is 0. The Morgan fingerprint density at radius 1 is 0.690 bits per heavy atom. The van der Waals surface area contributed by atoms with E-state index in [4.69, 9.17) is 4.52 Å². The van der Waals surface area contributed by atoms with Crippen LogP contribution in [0.5, 0.6) is 0 Å². The zero-order valence-electron chi connectivity index (χ0n) is 15.8. The van der Waals surface area contributed by atoms with Gasteiger partial charge in [-0.15, -0.1) is 0 Å². The van der Waals surface area contributed by atoms with Gasteiger partial charge in [0.05, 0.1) is 5.56 Å². The van der Waals surface area contributed by atoms with Crippen molar-refractivity contribution in [2.24, 2.45) is 0 Å². The summed E-state index contributed by atoms with van der Waals surface area (Å²) in [6.07, 6.45) is 3.63. The Morgan fingerprint density at radius 3 is 2.07 bits per heavy atom. The van der Waals surface area contributed by atoms with E-state index in [1.165, 1.54) is 0 Å². The van der Waals surface area contributed by atoms with Crippen LogP contribution in [0.2, 0.25) is 0 Å². The molecule has 1 saturated heterocycles. The minimum absolute atomic E-state index is 0.475. The van der Waals surface area contributed by atoms with Crippen LogP contribution in [0.3, 0.4) is 0 Å². The molecule has 0 spiro atoms. The fourth-order valence-electron chi connectivity index (χ4n) is 3.45. The minimum Gasteiger partial charge on any atom is -0.353 e. The fourth-order valence-corrected chi connectivity index (χ4v) is 3.45. The molecule has 7 nitrogen and oxygen atoms in total. The van der Waals surface area contributed by atoms with E-state index in [2.05, 4.69) is 36.0 Å². The average Bonchev–Trinajstić information content (AvgIpc) is 3.31. The Labute approximate surface area is 168 Å². The highest BCUT2D eigenvalue weighted by Crippen LogP contribution is 2.24. The molecule has 144 valence electrons. The van der Waals surface area contributed by atoms with E-state index in [-0.39, 0.29) is 0 Å². The van der Waals surface area contributed by atoms with Crippen molar-refractivity contribution in [3.05, 3.63) is 73.1 Å². The standard InChI is InChI=1S/C22H20N6O/c1-2-6-17(7-3-1)21-25-22(29-26-21)18-9-10-20(24-16-18)28-14-12-27(13-15-28)19-8-4-5-11-23-19/h1-11,16H,12-15H2. The average molecular weight is 384 g/mol. The van der Waals surface area contributed by atoms with Crippen molar-refractivity contribution in [2.45, 2.75) is 0 Å². The number of hydrogen-bond donors (Lipinski definition) is 0. The lowest BCUT2D eigenvalue weighted by Crippen LogP contribution is -2.47. The first-order valence-electron chi connectivity index (χ1n) is 9.63. The molecule has 7 heteroatoms. The van der Waals surface area contributed by atoms with E-state index < -0.39 is 0 Å². The smallest absolute Gasteiger partial charge is 0.259 e. The summed E-state index contributed by atoms with van der Waals surface area (Å²) in [6, 6.07) is 19.8. The number of nitrogens with zero attached hydrogens (tertiary/aromatic N) is 6. The van der Waals surface area contributed by atoms with Crippen LogP contribution in [0.1, 0.15) is 0 Å². The number of aromatic nitrogens is 4. The molecule has 0 aliphatic carbocycles. The monoisotopic (exact) mass is 384 g/mol. The predicted molar refractivity (Wildman–Crippen MR) is 112 cm³/mol. The van der Waals surface area contributed by atoms with Gasteiger partial charge >= 0.3 is 0 Å². The maximum Gasteiger partial charge on any atom is 0.259 e. The van der Waals surface area contributed by atoms with Gasteiger partial charge < -0.3 is 14.3 Å². The van der Waals surface area contributed by atoms with Crippen molar-refractivity contribution in [3.63, 3.8) is 0 Å². The third kappa shape index (κ3) is 3.67. The van der Waals surface area contributed by atoms with Crippen LogP contribution < -0.4 is 9.80 Å². The molecule has 0 radical (unpaired) electrons. The molecule has 1 fully saturated rings. The van der Waals surface area contributed by atoms with Gasteiger partial charge in [-0.05, 0) is 24.3 Å². The number of pyridine rings is 2. The maximum absolute atomic E-state index is 5.43. The molecule has 4 aromatic rings. The van der Waals surface area contributed by atoms with Crippen LogP contribution >= 0.6 is 0 Å². The summed E-state index contributed by atoms with van der Waals surface area (Å²) in [5, 5.41) is 4.08. The molecule has 1 aliphatic heterocycles. The quantitative estimate of drug-likeness (QED) is 0.533. The zero-order chi connectivity index (χ0) is 19.5. The van der Waals surface area contributed by atoms with Crippen molar-refractivity contribution in [2.75, 3.05) is 36.0 Å². The molecule has 0 bridgehead atoms. The predicted octanol–water partition coefficient (Wildman–Crippen LogP) is 3.52. The molecule has 4 heterocycles. The largest absolute Gasteiger partial charge is 0.353 e. The van der Waals surface area contributed by atoms with Crippen LogP contribution in [0.25, 0.3) is 22.8 Å². The highest BCUT2D eigenvalue weighted by Gasteiger charge is 2.19. The maximum atomic E-state index is 5.43. The number of rotatable bonds is 4. The van der Waals surface area contributed by atoms with Crippen molar-refractivity contribution in [1.82, 2.24) is 20.1 Å². The highest BCUT2D eigenvalue weighted by atomic mass is 16.5. The lowest BCUT2D eigenvalue weighted by Gasteiger charge is -2.36. The zero-order valence-corrected chi connectivity index (χ0v) is 15.8. The fraction of sp³-hybridized carbons (Fsp3) is 0.182. The molecule has 0 amide bonds. The normalized spacial score (nSPS) is 14.2. The Balaban J connectivity index is 1.26. The third-order valence-electron chi connectivity index (χ3n) is 5.03. The van der Waals surface area contributed by atoms with Gasteiger partial charge in [0.2, 0.25) is 5.82 Å². The number of piperazine rings is 1. The van der Waals surface area contributed by atoms with E-state index >= 15 is 0 Å². The SMILES string of the molecule is c1ccc(-c2noc(-c3ccc(N4CCN(c5ccccn5)CC4)nc3)n2)cc1. The van der Waals surface area contributed by atoms with Crippen molar-refractivity contribution >= 4 is 11.6 Å². The molecular weight excluding hydrogens is 364 g/mol. The number of anilines is 2. The first kappa shape index (κ1) is 17.4. The lowest BCUT2D eigenvalue weighted by atomic mass is 10.2. The second-order valence-electron chi connectivity index (χ2n) is 6.86. The van der Waals surface area contributed by atoms with Gasteiger partial charge in [0.1, 0.15) is 11.6 Å². The van der Waals surface area contributed by atoms with Crippen LogP contribution in [0, 0.1) is 0 Å². The molecule has 0 atom stereocenters. The topological polar surface area (TPSA) is 71.2 Å². The van der Waals surface area contributed by atoms with Gasteiger partial charge in [0.15, 0.2) is 0 Å². The Kier molecular flexibility index (Phi) is 4.62. The molecular formula is C22H20N6O. The van der Waals surface area contributed by atoms with Crippen LogP contribution in [0.15, 0.2) is 77.6 Å². The first-order chi connectivity index (χ1) is 14.4. The van der Waals surface area contributed by atoms with Gasteiger partial charge in [-0.2, -0.15) is 4.98 Å². The number of benzene rings is 1. The number of hydrogen-bond acceptors (Lipinski definition) is 7. The van der Waals surface area contributed by atoms with E-state index in [0.717, 1.165) is 48.9 Å². The Hall–Kier alpha value is -3.74. The molecule has 1 aliphatic rings. The molecule has 1 aromatic carbocycles. The summed E-state index contributed by atoms with van der Waals surface area (Å²) in [5.74, 6) is 3.04. The van der Waals surface area contributed by atoms with E-state index in [1.54, 1.807) is 6.20 Å². The van der Waals surface area contributed by atoms with Gasteiger partial charge in [-0.1, -0.05) is 41.6 Å². The van der Waals surface area contributed by atoms with E-state index in [1.807, 2.05) is 60.8 Å². The Bertz CT molecular complexity index is 1060. The van der Waals surface area contributed by atoms with E-state index in [9.17, 15) is 0 Å². The van der Waals surface area contributed by atoms with Crippen molar-refractivity contribution < 1.29 is 4.52 Å². The Morgan fingerprint density at radius 2 is 1.41 bits per heavy atom. The van der Waals surface area contributed by atoms with Crippen molar-refractivity contribution in [1.29, 1.82) is 0 Å². The van der Waals surface area contributed by atoms with E-state index in [0.29, 0.717) is 11.7 Å². The first-order valence-corrected chi connectivity index (χ1v) is 9.63. The second-order valence-corrected chi connectivity index (χ2v) is 6.86. The molecule has 0 unspecified atom stereocenters. The second kappa shape index (κ2) is 7.71. The molecule has 3 aromatic heterocycles. The van der Waals surface area contributed by atoms with Crippen LogP contribution in [0.4, 0.5) is 11.6 Å². The van der Waals surface area contributed by atoms with Crippen LogP contribution in [-0.4, -0.2) is 46.3 Å². The molecule has 0 saturated carbocycles. The van der Waals surface area contributed by atoms with Gasteiger partial charge in [-0.25, -0.2) is 9.97 Å².